The number of nitrogen functional groups attached to an aromatic ring is 1. The van der Waals surface area contributed by atoms with Gasteiger partial charge < -0.3 is 15.2 Å². The molecule has 6 heteroatoms. The van der Waals surface area contributed by atoms with Gasteiger partial charge in [-0.05, 0) is 27.7 Å². The maximum absolute atomic E-state index is 11.5. The fourth-order valence-corrected chi connectivity index (χ4v) is 1.64. The Morgan fingerprint density at radius 1 is 1.39 bits per heavy atom. The standard InChI is InChI=1S/C12H19N3O3/c1-6-18-12(3,4)11-14-7(2)8(9(13)15-11)10(16)17-5/h6H2,1-5H3,(H2,13,14,15). The average Bonchev–Trinajstić information content (AvgIpc) is 2.27. The lowest BCUT2D eigenvalue weighted by Gasteiger charge is -2.23. The van der Waals surface area contributed by atoms with Crippen LogP contribution in [0.3, 0.4) is 0 Å². The molecule has 18 heavy (non-hydrogen) atoms. The van der Waals surface area contributed by atoms with Crippen molar-refractivity contribution in [2.24, 2.45) is 0 Å². The summed E-state index contributed by atoms with van der Waals surface area (Å²) in [5, 5.41) is 0. The molecule has 1 rings (SSSR count). The quantitative estimate of drug-likeness (QED) is 0.817. The van der Waals surface area contributed by atoms with Crippen LogP contribution in [0.15, 0.2) is 0 Å². The van der Waals surface area contributed by atoms with Crippen molar-refractivity contribution in [2.45, 2.75) is 33.3 Å². The van der Waals surface area contributed by atoms with Gasteiger partial charge in [-0.15, -0.1) is 0 Å². The number of hydrogen-bond donors (Lipinski definition) is 1. The van der Waals surface area contributed by atoms with Crippen molar-refractivity contribution in [1.29, 1.82) is 0 Å². The van der Waals surface area contributed by atoms with Crippen LogP contribution in [0.5, 0.6) is 0 Å². The predicted molar refractivity (Wildman–Crippen MR) is 67.2 cm³/mol. The van der Waals surface area contributed by atoms with Crippen molar-refractivity contribution in [2.75, 3.05) is 19.5 Å². The Bertz CT molecular complexity index is 435. The van der Waals surface area contributed by atoms with Crippen molar-refractivity contribution in [3.05, 3.63) is 17.1 Å². The van der Waals surface area contributed by atoms with Gasteiger partial charge >= 0.3 is 5.97 Å². The molecule has 0 atom stereocenters. The highest BCUT2D eigenvalue weighted by Crippen LogP contribution is 2.24. The largest absolute Gasteiger partial charge is 0.465 e. The molecule has 0 saturated carbocycles. The SMILES string of the molecule is CCOC(C)(C)c1nc(C)c(C(=O)OC)c(N)n1. The Balaban J connectivity index is 3.26. The number of rotatable bonds is 4. The average molecular weight is 253 g/mol. The van der Waals surface area contributed by atoms with Crippen molar-refractivity contribution in [3.63, 3.8) is 0 Å². The van der Waals surface area contributed by atoms with Gasteiger partial charge in [0.2, 0.25) is 0 Å². The van der Waals surface area contributed by atoms with Gasteiger partial charge in [-0.1, -0.05) is 0 Å². The molecule has 0 bridgehead atoms. The van der Waals surface area contributed by atoms with Crippen LogP contribution in [0.1, 0.15) is 42.6 Å². The third kappa shape index (κ3) is 2.76. The predicted octanol–water partition coefficient (Wildman–Crippen LogP) is 1.43. The molecule has 6 nitrogen and oxygen atoms in total. The van der Waals surface area contributed by atoms with E-state index < -0.39 is 11.6 Å². The van der Waals surface area contributed by atoms with E-state index in [2.05, 4.69) is 14.7 Å². The van der Waals surface area contributed by atoms with Crippen molar-refractivity contribution >= 4 is 11.8 Å². The number of carbonyl (C=O) groups is 1. The van der Waals surface area contributed by atoms with Gasteiger partial charge in [0.05, 0.1) is 12.8 Å². The van der Waals surface area contributed by atoms with Crippen LogP contribution in [0.2, 0.25) is 0 Å². The number of nitrogens with two attached hydrogens (primary N) is 1. The van der Waals surface area contributed by atoms with Crippen LogP contribution in [-0.2, 0) is 15.1 Å². The van der Waals surface area contributed by atoms with E-state index in [9.17, 15) is 4.79 Å². The lowest BCUT2D eigenvalue weighted by molar-refractivity contribution is -0.0208. The van der Waals surface area contributed by atoms with E-state index >= 15 is 0 Å². The third-order valence-corrected chi connectivity index (χ3v) is 2.55. The van der Waals surface area contributed by atoms with Crippen LogP contribution >= 0.6 is 0 Å². The fourth-order valence-electron chi connectivity index (χ4n) is 1.64. The summed E-state index contributed by atoms with van der Waals surface area (Å²) < 4.78 is 10.2. The van der Waals surface area contributed by atoms with Gasteiger partial charge in [-0.2, -0.15) is 0 Å². The highest BCUT2D eigenvalue weighted by atomic mass is 16.5. The molecule has 0 saturated heterocycles. The van der Waals surface area contributed by atoms with Crippen LogP contribution in [-0.4, -0.2) is 29.7 Å². The second-order valence-corrected chi connectivity index (χ2v) is 4.33. The summed E-state index contributed by atoms with van der Waals surface area (Å²) in [6, 6.07) is 0. The molecule has 2 N–H and O–H groups in total. The zero-order valence-electron chi connectivity index (χ0n) is 11.4. The van der Waals surface area contributed by atoms with Crippen molar-refractivity contribution in [3.8, 4) is 0 Å². The Hall–Kier alpha value is -1.69. The van der Waals surface area contributed by atoms with Crippen LogP contribution in [0, 0.1) is 6.92 Å². The van der Waals surface area contributed by atoms with Gasteiger partial charge in [0.1, 0.15) is 17.0 Å². The zero-order chi connectivity index (χ0) is 13.9. The summed E-state index contributed by atoms with van der Waals surface area (Å²) in [7, 11) is 1.29. The number of hydrogen-bond acceptors (Lipinski definition) is 6. The van der Waals surface area contributed by atoms with E-state index in [1.165, 1.54) is 7.11 Å². The van der Waals surface area contributed by atoms with E-state index in [1.54, 1.807) is 6.92 Å². The van der Waals surface area contributed by atoms with E-state index in [1.807, 2.05) is 20.8 Å². The molecular formula is C12H19N3O3. The summed E-state index contributed by atoms with van der Waals surface area (Å²) in [6.07, 6.45) is 0. The third-order valence-electron chi connectivity index (χ3n) is 2.55. The van der Waals surface area contributed by atoms with Crippen molar-refractivity contribution in [1.82, 2.24) is 9.97 Å². The minimum atomic E-state index is -0.651. The number of carbonyl (C=O) groups excluding carboxylic acids is 1. The molecule has 0 aromatic carbocycles. The number of esters is 1. The van der Waals surface area contributed by atoms with E-state index in [0.717, 1.165) is 0 Å². The summed E-state index contributed by atoms with van der Waals surface area (Å²) in [4.78, 5) is 19.9. The number of aryl methyl sites for hydroxylation is 1. The first kappa shape index (κ1) is 14.4. The van der Waals surface area contributed by atoms with Crippen LogP contribution < -0.4 is 5.73 Å². The molecule has 0 amide bonds. The second-order valence-electron chi connectivity index (χ2n) is 4.33. The first-order valence-electron chi connectivity index (χ1n) is 5.70. The lowest BCUT2D eigenvalue weighted by Crippen LogP contribution is -2.27. The number of nitrogens with zero attached hydrogens (tertiary/aromatic N) is 2. The van der Waals surface area contributed by atoms with E-state index in [-0.39, 0.29) is 11.4 Å². The number of anilines is 1. The first-order chi connectivity index (χ1) is 8.33. The molecular weight excluding hydrogens is 234 g/mol. The van der Waals surface area contributed by atoms with Gasteiger partial charge in [0.25, 0.3) is 0 Å². The Morgan fingerprint density at radius 3 is 2.44 bits per heavy atom. The summed E-state index contributed by atoms with van der Waals surface area (Å²) in [5.41, 5.74) is 5.82. The molecule has 100 valence electrons. The molecule has 0 spiro atoms. The molecule has 1 aromatic heterocycles. The van der Waals surface area contributed by atoms with Crippen LogP contribution in [0.25, 0.3) is 0 Å². The Morgan fingerprint density at radius 2 is 2.00 bits per heavy atom. The van der Waals surface area contributed by atoms with Gasteiger partial charge in [-0.3, -0.25) is 0 Å². The molecule has 0 aliphatic carbocycles. The smallest absolute Gasteiger partial charge is 0.343 e. The lowest BCUT2D eigenvalue weighted by atomic mass is 10.1. The normalized spacial score (nSPS) is 11.4. The fraction of sp³-hybridized carbons (Fsp3) is 0.583. The zero-order valence-corrected chi connectivity index (χ0v) is 11.4. The minimum absolute atomic E-state index is 0.108. The molecule has 1 aromatic rings. The highest BCUT2D eigenvalue weighted by molar-refractivity contribution is 5.95. The minimum Gasteiger partial charge on any atom is -0.465 e. The number of methoxy groups -OCH3 is 1. The number of ether oxygens (including phenoxy) is 2. The first-order valence-corrected chi connectivity index (χ1v) is 5.70. The van der Waals surface area contributed by atoms with Gasteiger partial charge in [0.15, 0.2) is 5.82 Å². The van der Waals surface area contributed by atoms with Crippen LogP contribution in [0.4, 0.5) is 5.82 Å². The summed E-state index contributed by atoms with van der Waals surface area (Å²) >= 11 is 0. The summed E-state index contributed by atoms with van der Waals surface area (Å²) in [5.74, 6) is 0.0231. The molecule has 1 heterocycles. The molecule has 0 fully saturated rings. The number of aromatic nitrogens is 2. The van der Waals surface area contributed by atoms with Gasteiger partial charge in [0, 0.05) is 6.61 Å². The maximum atomic E-state index is 11.5. The van der Waals surface area contributed by atoms with Gasteiger partial charge in [-0.25, -0.2) is 14.8 Å². The molecule has 0 aliphatic rings. The molecule has 0 radical (unpaired) electrons. The monoisotopic (exact) mass is 253 g/mol. The summed E-state index contributed by atoms with van der Waals surface area (Å²) in [6.45, 7) is 7.82. The van der Waals surface area contributed by atoms with Crippen molar-refractivity contribution < 1.29 is 14.3 Å². The van der Waals surface area contributed by atoms with E-state index in [4.69, 9.17) is 10.5 Å². The second kappa shape index (κ2) is 5.30. The topological polar surface area (TPSA) is 87.3 Å². The molecule has 0 aliphatic heterocycles. The maximum Gasteiger partial charge on any atom is 0.343 e. The highest BCUT2D eigenvalue weighted by Gasteiger charge is 2.27. The Labute approximate surface area is 107 Å². The van der Waals surface area contributed by atoms with E-state index in [0.29, 0.717) is 18.1 Å². The Kier molecular flexibility index (Phi) is 4.24. The molecule has 0 unspecified atom stereocenters.